The molecule has 29 heavy (non-hydrogen) atoms. The van der Waals surface area contributed by atoms with Crippen LogP contribution in [0.4, 0.5) is 0 Å². The number of sulfone groups is 1. The molecule has 0 fully saturated rings. The third-order valence-corrected chi connectivity index (χ3v) is 5.14. The summed E-state index contributed by atoms with van der Waals surface area (Å²) in [6.45, 7) is 4.49. The van der Waals surface area contributed by atoms with Crippen molar-refractivity contribution in [3.63, 3.8) is 0 Å². The number of guanidine groups is 1. The normalized spacial score (nSPS) is 12.6. The summed E-state index contributed by atoms with van der Waals surface area (Å²) in [5.74, 6) is 2.34. The Hall–Kier alpha value is -1.81. The highest BCUT2D eigenvalue weighted by atomic mass is 127. The van der Waals surface area contributed by atoms with Gasteiger partial charge in [0, 0.05) is 31.5 Å². The lowest BCUT2D eigenvalue weighted by molar-refractivity contribution is 0.474. The van der Waals surface area contributed by atoms with Crippen LogP contribution in [0.5, 0.6) is 11.5 Å². The van der Waals surface area contributed by atoms with E-state index in [9.17, 15) is 8.42 Å². The van der Waals surface area contributed by atoms with E-state index in [0.29, 0.717) is 18.9 Å². The molecular weight excluding hydrogens is 501 g/mol. The molecule has 0 aromatic heterocycles. The van der Waals surface area contributed by atoms with E-state index < -0.39 is 9.84 Å². The van der Waals surface area contributed by atoms with Crippen LogP contribution in [0.2, 0.25) is 0 Å². The summed E-state index contributed by atoms with van der Waals surface area (Å²) >= 11 is 0. The van der Waals surface area contributed by atoms with Gasteiger partial charge in [-0.15, -0.1) is 24.0 Å². The number of para-hydroxylation sites is 1. The lowest BCUT2D eigenvalue weighted by Gasteiger charge is -2.18. The van der Waals surface area contributed by atoms with Crippen molar-refractivity contribution in [2.45, 2.75) is 32.9 Å². The number of rotatable bonds is 8. The van der Waals surface area contributed by atoms with Crippen LogP contribution >= 0.6 is 24.0 Å². The van der Waals surface area contributed by atoms with E-state index in [0.717, 1.165) is 22.6 Å². The molecule has 160 valence electrons. The smallest absolute Gasteiger partial charge is 0.191 e. The fourth-order valence-electron chi connectivity index (χ4n) is 2.63. The summed E-state index contributed by atoms with van der Waals surface area (Å²) in [5, 5.41) is 6.48. The molecule has 1 atom stereocenters. The fourth-order valence-corrected chi connectivity index (χ4v) is 3.41. The molecule has 2 N–H and O–H groups in total. The summed E-state index contributed by atoms with van der Waals surface area (Å²) in [6.07, 6.45) is 1.77. The Morgan fingerprint density at radius 3 is 2.55 bits per heavy atom. The van der Waals surface area contributed by atoms with E-state index in [2.05, 4.69) is 15.6 Å². The zero-order valence-corrected chi connectivity index (χ0v) is 20.5. The maximum absolute atomic E-state index is 11.3. The number of hydrogen-bond acceptors (Lipinski definition) is 4. The van der Waals surface area contributed by atoms with Crippen molar-refractivity contribution in [1.29, 1.82) is 0 Å². The van der Waals surface area contributed by atoms with Crippen molar-refractivity contribution in [3.05, 3.63) is 59.7 Å². The minimum Gasteiger partial charge on any atom is -0.457 e. The van der Waals surface area contributed by atoms with E-state index in [-0.39, 0.29) is 35.8 Å². The number of ether oxygens (including phenoxy) is 1. The fraction of sp³-hybridized carbons (Fsp3) is 0.381. The Bertz CT molecular complexity index is 917. The second-order valence-corrected chi connectivity index (χ2v) is 9.18. The van der Waals surface area contributed by atoms with Crippen LogP contribution in [-0.4, -0.2) is 39.5 Å². The van der Waals surface area contributed by atoms with Crippen molar-refractivity contribution in [1.82, 2.24) is 10.6 Å². The zero-order chi connectivity index (χ0) is 20.6. The van der Waals surface area contributed by atoms with Gasteiger partial charge in [0.25, 0.3) is 0 Å². The molecule has 0 amide bonds. The van der Waals surface area contributed by atoms with Crippen molar-refractivity contribution >= 4 is 39.8 Å². The number of halogens is 1. The lowest BCUT2D eigenvalue weighted by atomic mass is 10.2. The van der Waals surface area contributed by atoms with Crippen LogP contribution in [0.3, 0.4) is 0 Å². The van der Waals surface area contributed by atoms with Gasteiger partial charge in [-0.1, -0.05) is 30.3 Å². The van der Waals surface area contributed by atoms with E-state index in [1.807, 2.05) is 62.4 Å². The van der Waals surface area contributed by atoms with Crippen LogP contribution in [0, 0.1) is 6.92 Å². The van der Waals surface area contributed by atoms with Crippen LogP contribution < -0.4 is 15.4 Å². The SMILES string of the molecule is CN=C(NCc1ccccc1Oc1cccc(C)c1)NC(C)CCS(C)(=O)=O.I. The highest BCUT2D eigenvalue weighted by molar-refractivity contribution is 14.0. The van der Waals surface area contributed by atoms with Gasteiger partial charge >= 0.3 is 0 Å². The van der Waals surface area contributed by atoms with Crippen molar-refractivity contribution < 1.29 is 13.2 Å². The minimum atomic E-state index is -2.97. The Balaban J connectivity index is 0.00000420. The van der Waals surface area contributed by atoms with Gasteiger partial charge in [-0.2, -0.15) is 0 Å². The molecule has 0 heterocycles. The van der Waals surface area contributed by atoms with Crippen molar-refractivity contribution in [2.24, 2.45) is 4.99 Å². The molecule has 0 saturated carbocycles. The molecule has 2 rings (SSSR count). The number of benzene rings is 2. The Kier molecular flexibility index (Phi) is 10.5. The highest BCUT2D eigenvalue weighted by Gasteiger charge is 2.10. The molecule has 2 aromatic rings. The molecule has 0 aliphatic carbocycles. The van der Waals surface area contributed by atoms with Gasteiger partial charge in [-0.25, -0.2) is 8.42 Å². The van der Waals surface area contributed by atoms with Crippen LogP contribution in [0.25, 0.3) is 0 Å². The molecule has 0 aliphatic rings. The second kappa shape index (κ2) is 12.0. The molecule has 0 aliphatic heterocycles. The van der Waals surface area contributed by atoms with Crippen molar-refractivity contribution in [3.8, 4) is 11.5 Å². The Morgan fingerprint density at radius 1 is 1.17 bits per heavy atom. The molecule has 0 spiro atoms. The maximum atomic E-state index is 11.3. The second-order valence-electron chi connectivity index (χ2n) is 6.92. The highest BCUT2D eigenvalue weighted by Crippen LogP contribution is 2.25. The number of hydrogen-bond donors (Lipinski definition) is 2. The van der Waals surface area contributed by atoms with E-state index >= 15 is 0 Å². The third kappa shape index (κ3) is 9.49. The zero-order valence-electron chi connectivity index (χ0n) is 17.3. The average Bonchev–Trinajstić information content (AvgIpc) is 2.64. The average molecular weight is 531 g/mol. The molecule has 6 nitrogen and oxygen atoms in total. The standard InChI is InChI=1S/C21H29N3O3S.HI/c1-16-8-7-10-19(14-16)27-20-11-6-5-9-18(20)15-23-21(22-3)24-17(2)12-13-28(4,25)26;/h5-11,14,17H,12-13,15H2,1-4H3,(H2,22,23,24);1H. The summed E-state index contributed by atoms with van der Waals surface area (Å²) < 4.78 is 28.7. The number of aryl methyl sites for hydroxylation is 1. The Morgan fingerprint density at radius 2 is 1.90 bits per heavy atom. The van der Waals surface area contributed by atoms with Crippen LogP contribution in [0.15, 0.2) is 53.5 Å². The summed E-state index contributed by atoms with van der Waals surface area (Å²) in [6, 6.07) is 15.7. The summed E-state index contributed by atoms with van der Waals surface area (Å²) in [5.41, 5.74) is 2.14. The van der Waals surface area contributed by atoms with Gasteiger partial charge in [-0.3, -0.25) is 4.99 Å². The van der Waals surface area contributed by atoms with Gasteiger partial charge < -0.3 is 15.4 Å². The van der Waals surface area contributed by atoms with E-state index in [1.165, 1.54) is 6.26 Å². The number of aliphatic imine (C=N–C) groups is 1. The van der Waals surface area contributed by atoms with Crippen LogP contribution in [-0.2, 0) is 16.4 Å². The summed E-state index contributed by atoms with van der Waals surface area (Å²) in [7, 11) is -1.28. The number of nitrogens with zero attached hydrogens (tertiary/aromatic N) is 1. The third-order valence-electron chi connectivity index (χ3n) is 4.16. The minimum absolute atomic E-state index is 0. The molecule has 2 aromatic carbocycles. The predicted octanol–water partition coefficient (Wildman–Crippen LogP) is 3.89. The maximum Gasteiger partial charge on any atom is 0.191 e. The molecule has 0 bridgehead atoms. The molecule has 1 unspecified atom stereocenters. The predicted molar refractivity (Wildman–Crippen MR) is 130 cm³/mol. The molecule has 8 heteroatoms. The first-order valence-corrected chi connectivity index (χ1v) is 11.3. The lowest BCUT2D eigenvalue weighted by Crippen LogP contribution is -2.42. The van der Waals surface area contributed by atoms with Gasteiger partial charge in [0.2, 0.25) is 0 Å². The first-order chi connectivity index (χ1) is 13.3. The first-order valence-electron chi connectivity index (χ1n) is 9.24. The van der Waals surface area contributed by atoms with Crippen LogP contribution in [0.1, 0.15) is 24.5 Å². The van der Waals surface area contributed by atoms with E-state index in [1.54, 1.807) is 7.05 Å². The van der Waals surface area contributed by atoms with E-state index in [4.69, 9.17) is 4.74 Å². The molecular formula is C21H30IN3O3S. The Labute approximate surface area is 191 Å². The van der Waals surface area contributed by atoms with Gasteiger partial charge in [0.15, 0.2) is 5.96 Å². The molecule has 0 saturated heterocycles. The van der Waals surface area contributed by atoms with Crippen molar-refractivity contribution in [2.75, 3.05) is 19.1 Å². The largest absolute Gasteiger partial charge is 0.457 e. The van der Waals surface area contributed by atoms with Gasteiger partial charge in [0.1, 0.15) is 21.3 Å². The molecule has 0 radical (unpaired) electrons. The monoisotopic (exact) mass is 531 g/mol. The first kappa shape index (κ1) is 25.2. The topological polar surface area (TPSA) is 79.8 Å². The van der Waals surface area contributed by atoms with Gasteiger partial charge in [-0.05, 0) is 44.0 Å². The number of nitrogens with one attached hydrogen (secondary N) is 2. The van der Waals surface area contributed by atoms with Gasteiger partial charge in [0.05, 0.1) is 5.75 Å². The summed E-state index contributed by atoms with van der Waals surface area (Å²) in [4.78, 5) is 4.22. The quantitative estimate of drug-likeness (QED) is 0.307.